The number of nitrogens with one attached hydrogen (secondary N) is 3. The summed E-state index contributed by atoms with van der Waals surface area (Å²) in [4.78, 5) is 15.8. The second kappa shape index (κ2) is 6.81. The third-order valence-electron chi connectivity index (χ3n) is 5.26. The molecule has 4 rings (SSSR count). The fourth-order valence-corrected chi connectivity index (χ4v) is 5.11. The Balaban J connectivity index is 1.67. The first kappa shape index (κ1) is 17.2. The molecule has 1 unspecified atom stereocenters. The molecule has 7 heteroatoms. The van der Waals surface area contributed by atoms with Crippen molar-refractivity contribution in [2.45, 2.75) is 26.1 Å². The maximum absolute atomic E-state index is 12.9. The molecule has 2 aliphatic heterocycles. The third-order valence-corrected chi connectivity index (χ3v) is 6.42. The SMILES string of the molecule is CC[NH+]1CCc2c(sc3c2C(=O)N[C@@H](c2ccc(OC)cc2OC)N3)C1. The van der Waals surface area contributed by atoms with Crippen LogP contribution in [0.15, 0.2) is 18.2 Å². The molecule has 2 aromatic rings. The lowest BCUT2D eigenvalue weighted by Crippen LogP contribution is -3.11. The number of anilines is 1. The molecule has 1 aromatic heterocycles. The van der Waals surface area contributed by atoms with Crippen molar-refractivity contribution >= 4 is 22.2 Å². The van der Waals surface area contributed by atoms with Crippen LogP contribution >= 0.6 is 11.3 Å². The zero-order valence-electron chi connectivity index (χ0n) is 15.3. The summed E-state index contributed by atoms with van der Waals surface area (Å²) in [6.07, 6.45) is 0.654. The Kier molecular flexibility index (Phi) is 4.50. The van der Waals surface area contributed by atoms with Crippen LogP contribution in [0.4, 0.5) is 5.00 Å². The predicted molar refractivity (Wildman–Crippen MR) is 101 cm³/mol. The molecule has 0 bridgehead atoms. The highest BCUT2D eigenvalue weighted by Gasteiger charge is 2.35. The van der Waals surface area contributed by atoms with Gasteiger partial charge in [-0.05, 0) is 24.6 Å². The zero-order chi connectivity index (χ0) is 18.3. The maximum atomic E-state index is 12.9. The normalized spacial score (nSPS) is 21.3. The third kappa shape index (κ3) is 2.81. The molecule has 6 nitrogen and oxygen atoms in total. The maximum Gasteiger partial charge on any atom is 0.256 e. The Bertz CT molecular complexity index is 849. The highest BCUT2D eigenvalue weighted by atomic mass is 32.1. The van der Waals surface area contributed by atoms with Gasteiger partial charge in [0.15, 0.2) is 0 Å². The summed E-state index contributed by atoms with van der Waals surface area (Å²) in [6.45, 7) is 5.43. The number of carbonyl (C=O) groups is 1. The molecule has 3 N–H and O–H groups in total. The molecule has 0 aliphatic carbocycles. The lowest BCUT2D eigenvalue weighted by Gasteiger charge is -2.28. The van der Waals surface area contributed by atoms with Crippen molar-refractivity contribution in [3.8, 4) is 11.5 Å². The molecule has 0 fully saturated rings. The van der Waals surface area contributed by atoms with Crippen molar-refractivity contribution < 1.29 is 19.2 Å². The molecule has 0 saturated heterocycles. The van der Waals surface area contributed by atoms with Gasteiger partial charge in [-0.2, -0.15) is 0 Å². The number of likely N-dealkylation sites (N-methyl/N-ethyl adjacent to an activating group) is 1. The van der Waals surface area contributed by atoms with Gasteiger partial charge in [0, 0.05) is 18.1 Å². The highest BCUT2D eigenvalue weighted by Crippen LogP contribution is 2.40. The van der Waals surface area contributed by atoms with Gasteiger partial charge in [-0.1, -0.05) is 0 Å². The fourth-order valence-electron chi connectivity index (χ4n) is 3.76. The average Bonchev–Trinajstić information content (AvgIpc) is 3.05. The van der Waals surface area contributed by atoms with Crippen LogP contribution in [0.5, 0.6) is 11.5 Å². The van der Waals surface area contributed by atoms with E-state index >= 15 is 0 Å². The first-order valence-electron chi connectivity index (χ1n) is 8.92. The number of amides is 1. The lowest BCUT2D eigenvalue weighted by atomic mass is 10.00. The van der Waals surface area contributed by atoms with E-state index in [1.54, 1.807) is 30.5 Å². The number of ether oxygens (including phenoxy) is 2. The number of hydrogen-bond acceptors (Lipinski definition) is 5. The van der Waals surface area contributed by atoms with Crippen molar-refractivity contribution in [2.24, 2.45) is 0 Å². The van der Waals surface area contributed by atoms with Gasteiger partial charge >= 0.3 is 0 Å². The van der Waals surface area contributed by atoms with Crippen molar-refractivity contribution in [1.29, 1.82) is 0 Å². The Morgan fingerprint density at radius 3 is 2.85 bits per heavy atom. The summed E-state index contributed by atoms with van der Waals surface area (Å²) in [5.74, 6) is 1.41. The van der Waals surface area contributed by atoms with E-state index in [1.807, 2.05) is 18.2 Å². The molecule has 1 aromatic carbocycles. The van der Waals surface area contributed by atoms with Gasteiger partial charge in [0.05, 0.1) is 37.7 Å². The van der Waals surface area contributed by atoms with Crippen LogP contribution < -0.4 is 25.0 Å². The van der Waals surface area contributed by atoms with Crippen molar-refractivity contribution in [3.63, 3.8) is 0 Å². The van der Waals surface area contributed by atoms with E-state index < -0.39 is 0 Å². The summed E-state index contributed by atoms with van der Waals surface area (Å²) in [6, 6.07) is 5.64. The van der Waals surface area contributed by atoms with Crippen LogP contribution in [0.25, 0.3) is 0 Å². The Morgan fingerprint density at radius 2 is 2.12 bits per heavy atom. The molecular weight excluding hydrogens is 350 g/mol. The second-order valence-electron chi connectivity index (χ2n) is 6.65. The fraction of sp³-hybridized carbons (Fsp3) is 0.421. The molecule has 3 heterocycles. The molecule has 2 atom stereocenters. The van der Waals surface area contributed by atoms with E-state index in [0.717, 1.165) is 47.9 Å². The van der Waals surface area contributed by atoms with Gasteiger partial charge in [0.2, 0.25) is 0 Å². The van der Waals surface area contributed by atoms with Crippen molar-refractivity contribution in [1.82, 2.24) is 5.32 Å². The van der Waals surface area contributed by atoms with Gasteiger partial charge < -0.3 is 25.0 Å². The minimum atomic E-state index is -0.314. The Hall–Kier alpha value is -2.25. The standard InChI is InChI=1S/C19H23N3O3S/c1-4-22-8-7-13-15(10-22)26-19-16(13)18(23)20-17(21-19)12-6-5-11(24-2)9-14(12)25-3/h5-6,9,17,21H,4,7-8,10H2,1-3H3,(H,20,23)/p+1/t17-/m1/s1. The quantitative estimate of drug-likeness (QED) is 0.760. The number of thiophene rings is 1. The Morgan fingerprint density at radius 1 is 1.27 bits per heavy atom. The van der Waals surface area contributed by atoms with E-state index in [9.17, 15) is 4.79 Å². The summed E-state index contributed by atoms with van der Waals surface area (Å²) in [5.41, 5.74) is 2.95. The van der Waals surface area contributed by atoms with E-state index in [4.69, 9.17) is 9.47 Å². The lowest BCUT2D eigenvalue weighted by molar-refractivity contribution is -0.913. The number of fused-ring (bicyclic) bond motifs is 3. The second-order valence-corrected chi connectivity index (χ2v) is 7.75. The van der Waals surface area contributed by atoms with Gasteiger partial charge in [-0.3, -0.25) is 4.79 Å². The van der Waals surface area contributed by atoms with Crippen LogP contribution in [-0.2, 0) is 13.0 Å². The summed E-state index contributed by atoms with van der Waals surface area (Å²) >= 11 is 1.72. The van der Waals surface area contributed by atoms with Crippen LogP contribution in [0.3, 0.4) is 0 Å². The molecule has 0 saturated carbocycles. The van der Waals surface area contributed by atoms with Gasteiger partial charge in [-0.25, -0.2) is 0 Å². The van der Waals surface area contributed by atoms with Gasteiger partial charge in [0.25, 0.3) is 5.91 Å². The summed E-state index contributed by atoms with van der Waals surface area (Å²) < 4.78 is 10.8. The molecule has 138 valence electrons. The smallest absolute Gasteiger partial charge is 0.256 e. The van der Waals surface area contributed by atoms with Gasteiger partial charge in [0.1, 0.15) is 29.2 Å². The van der Waals surface area contributed by atoms with Crippen LogP contribution in [-0.4, -0.2) is 33.2 Å². The molecule has 0 radical (unpaired) electrons. The van der Waals surface area contributed by atoms with Crippen LogP contribution in [0.1, 0.15) is 39.5 Å². The van der Waals surface area contributed by atoms with E-state index in [0.29, 0.717) is 5.75 Å². The monoisotopic (exact) mass is 374 g/mol. The van der Waals surface area contributed by atoms with E-state index in [1.165, 1.54) is 10.4 Å². The van der Waals surface area contributed by atoms with Crippen molar-refractivity contribution in [3.05, 3.63) is 39.8 Å². The molecule has 0 spiro atoms. The zero-order valence-corrected chi connectivity index (χ0v) is 16.1. The van der Waals surface area contributed by atoms with Crippen molar-refractivity contribution in [2.75, 3.05) is 32.6 Å². The molecule has 1 amide bonds. The molecule has 2 aliphatic rings. The average molecular weight is 374 g/mol. The topological polar surface area (TPSA) is 64.0 Å². The molecular formula is C19H24N3O3S+. The number of carbonyl (C=O) groups excluding carboxylic acids is 1. The minimum absolute atomic E-state index is 0.000861. The number of benzene rings is 1. The van der Waals surface area contributed by atoms with E-state index in [-0.39, 0.29) is 12.1 Å². The van der Waals surface area contributed by atoms with Crippen LogP contribution in [0.2, 0.25) is 0 Å². The van der Waals surface area contributed by atoms with E-state index in [2.05, 4.69) is 17.6 Å². The highest BCUT2D eigenvalue weighted by molar-refractivity contribution is 7.16. The number of methoxy groups -OCH3 is 2. The largest absolute Gasteiger partial charge is 0.497 e. The Labute approximate surface area is 157 Å². The molecule has 26 heavy (non-hydrogen) atoms. The first-order valence-corrected chi connectivity index (χ1v) is 9.73. The predicted octanol–water partition coefficient (Wildman–Crippen LogP) is 1.58. The van der Waals surface area contributed by atoms with Gasteiger partial charge in [-0.15, -0.1) is 11.3 Å². The van der Waals surface area contributed by atoms with Crippen LogP contribution in [0, 0.1) is 0 Å². The minimum Gasteiger partial charge on any atom is -0.497 e. The number of hydrogen-bond donors (Lipinski definition) is 3. The number of rotatable bonds is 4. The summed E-state index contributed by atoms with van der Waals surface area (Å²) in [7, 11) is 3.25. The number of quaternary nitrogens is 1. The summed E-state index contributed by atoms with van der Waals surface area (Å²) in [5, 5.41) is 7.57. The first-order chi connectivity index (χ1) is 12.6.